The number of aromatic nitrogens is 1. The van der Waals surface area contributed by atoms with Gasteiger partial charge in [-0.25, -0.2) is 22.5 Å². The van der Waals surface area contributed by atoms with Crippen LogP contribution in [0.1, 0.15) is 23.2 Å². The van der Waals surface area contributed by atoms with Gasteiger partial charge in [-0.2, -0.15) is 0 Å². The molecule has 132 valence electrons. The molecule has 2 N–H and O–H groups in total. The fraction of sp³-hybridized carbons (Fsp3) is 0.200. The number of halogens is 3. The topological polar surface area (TPSA) is 88.2 Å². The van der Waals surface area contributed by atoms with Crippen molar-refractivity contribution in [2.45, 2.75) is 23.8 Å². The first-order valence-corrected chi connectivity index (χ1v) is 9.44. The minimum Gasteiger partial charge on any atom is -0.321 e. The predicted molar refractivity (Wildman–Crippen MR) is 92.0 cm³/mol. The predicted octanol–water partition coefficient (Wildman–Crippen LogP) is 3.22. The van der Waals surface area contributed by atoms with Crippen molar-refractivity contribution in [1.82, 2.24) is 9.71 Å². The van der Waals surface area contributed by atoms with Crippen LogP contribution in [0.2, 0.25) is 10.2 Å². The molecule has 0 radical (unpaired) electrons. The first kappa shape index (κ1) is 18.1. The van der Waals surface area contributed by atoms with E-state index in [2.05, 4.69) is 15.0 Å². The highest BCUT2D eigenvalue weighted by molar-refractivity contribution is 7.89. The van der Waals surface area contributed by atoms with Crippen LogP contribution in [0.25, 0.3) is 0 Å². The molecule has 1 heterocycles. The van der Waals surface area contributed by atoms with Gasteiger partial charge in [-0.05, 0) is 37.1 Å². The first-order chi connectivity index (χ1) is 11.8. The number of benzene rings is 1. The van der Waals surface area contributed by atoms with Gasteiger partial charge in [0.1, 0.15) is 15.9 Å². The van der Waals surface area contributed by atoms with Crippen molar-refractivity contribution in [1.29, 1.82) is 0 Å². The molecule has 1 aromatic heterocycles. The monoisotopic (exact) mass is 403 g/mol. The second-order valence-electron chi connectivity index (χ2n) is 5.49. The number of nitrogens with one attached hydrogen (secondary N) is 2. The number of anilines is 1. The lowest BCUT2D eigenvalue weighted by molar-refractivity contribution is 0.102. The molecule has 0 bridgehead atoms. The lowest BCUT2D eigenvalue weighted by Crippen LogP contribution is -2.27. The molecule has 25 heavy (non-hydrogen) atoms. The van der Waals surface area contributed by atoms with Crippen LogP contribution in [0.4, 0.5) is 10.1 Å². The number of rotatable bonds is 5. The van der Waals surface area contributed by atoms with Gasteiger partial charge in [-0.15, -0.1) is 0 Å². The zero-order valence-electron chi connectivity index (χ0n) is 12.6. The van der Waals surface area contributed by atoms with Crippen molar-refractivity contribution in [3.8, 4) is 0 Å². The van der Waals surface area contributed by atoms with Gasteiger partial charge < -0.3 is 5.32 Å². The second-order valence-corrected chi connectivity index (χ2v) is 7.94. The van der Waals surface area contributed by atoms with Crippen LogP contribution < -0.4 is 10.0 Å². The summed E-state index contributed by atoms with van der Waals surface area (Å²) in [6, 6.07) is 4.32. The summed E-state index contributed by atoms with van der Waals surface area (Å²) in [4.78, 5) is 15.5. The Hall–Kier alpha value is -1.74. The molecule has 0 atom stereocenters. The van der Waals surface area contributed by atoms with E-state index in [9.17, 15) is 17.6 Å². The highest BCUT2D eigenvalue weighted by Crippen LogP contribution is 2.25. The van der Waals surface area contributed by atoms with Crippen LogP contribution in [0, 0.1) is 5.82 Å². The van der Waals surface area contributed by atoms with Gasteiger partial charge >= 0.3 is 0 Å². The summed E-state index contributed by atoms with van der Waals surface area (Å²) >= 11 is 11.5. The van der Waals surface area contributed by atoms with Gasteiger partial charge in [0.2, 0.25) is 10.0 Å². The Morgan fingerprint density at radius 3 is 2.60 bits per heavy atom. The minimum absolute atomic E-state index is 0.0244. The van der Waals surface area contributed by atoms with E-state index >= 15 is 0 Å². The van der Waals surface area contributed by atoms with Gasteiger partial charge in [-0.1, -0.05) is 23.2 Å². The molecular formula is C15H12Cl2FN3O3S. The molecule has 1 aromatic carbocycles. The molecule has 0 unspecified atom stereocenters. The van der Waals surface area contributed by atoms with Gasteiger partial charge in [0.15, 0.2) is 0 Å². The summed E-state index contributed by atoms with van der Waals surface area (Å²) in [5, 5.41) is 2.73. The maximum Gasteiger partial charge on any atom is 0.255 e. The van der Waals surface area contributed by atoms with Crippen molar-refractivity contribution in [2.24, 2.45) is 0 Å². The third-order valence-corrected chi connectivity index (χ3v) is 5.66. The van der Waals surface area contributed by atoms with Gasteiger partial charge in [-0.3, -0.25) is 4.79 Å². The summed E-state index contributed by atoms with van der Waals surface area (Å²) in [6.45, 7) is 0. The molecule has 1 fully saturated rings. The van der Waals surface area contributed by atoms with Crippen molar-refractivity contribution in [3.05, 3.63) is 52.0 Å². The third-order valence-electron chi connectivity index (χ3n) is 3.44. The van der Waals surface area contributed by atoms with Crippen molar-refractivity contribution < 1.29 is 17.6 Å². The molecular weight excluding hydrogens is 392 g/mol. The number of nitrogens with zero attached hydrogens (tertiary/aromatic N) is 1. The Balaban J connectivity index is 1.85. The molecule has 10 heteroatoms. The molecule has 6 nitrogen and oxygen atoms in total. The van der Waals surface area contributed by atoms with E-state index in [1.165, 1.54) is 18.3 Å². The summed E-state index contributed by atoms with van der Waals surface area (Å²) < 4.78 is 40.7. The van der Waals surface area contributed by atoms with E-state index in [4.69, 9.17) is 23.2 Å². The molecule has 3 rings (SSSR count). The van der Waals surface area contributed by atoms with Crippen LogP contribution in [0.5, 0.6) is 0 Å². The van der Waals surface area contributed by atoms with Crippen molar-refractivity contribution >= 4 is 44.8 Å². The quantitative estimate of drug-likeness (QED) is 0.750. The highest BCUT2D eigenvalue weighted by atomic mass is 35.5. The number of sulfonamides is 1. The molecule has 0 aliphatic heterocycles. The second kappa shape index (κ2) is 6.87. The molecule has 1 saturated carbocycles. The zero-order chi connectivity index (χ0) is 18.2. The lowest BCUT2D eigenvalue weighted by atomic mass is 10.2. The molecule has 1 aliphatic rings. The Kier molecular flexibility index (Phi) is 4.97. The standard InChI is InChI=1S/C15H12Cl2FN3O3S/c16-11-6-10(7-19-14(11)17)20-15(22)8-1-4-12(18)13(5-8)25(23,24)21-9-2-3-9/h1,4-7,9,21H,2-3H2,(H,20,22). The smallest absolute Gasteiger partial charge is 0.255 e. The van der Waals surface area contributed by atoms with Crippen LogP contribution in [0.15, 0.2) is 35.4 Å². The van der Waals surface area contributed by atoms with Crippen LogP contribution in [-0.2, 0) is 10.0 Å². The first-order valence-electron chi connectivity index (χ1n) is 7.20. The maximum absolute atomic E-state index is 13.9. The summed E-state index contributed by atoms with van der Waals surface area (Å²) in [5.74, 6) is -1.57. The zero-order valence-corrected chi connectivity index (χ0v) is 14.9. The van der Waals surface area contributed by atoms with E-state index in [-0.39, 0.29) is 27.5 Å². The molecule has 0 saturated heterocycles. The average molecular weight is 404 g/mol. The van der Waals surface area contributed by atoms with Crippen LogP contribution in [-0.4, -0.2) is 25.4 Å². The number of carbonyl (C=O) groups is 1. The molecule has 2 aromatic rings. The van der Waals surface area contributed by atoms with E-state index in [0.29, 0.717) is 12.8 Å². The molecule has 1 aliphatic carbocycles. The normalized spacial score (nSPS) is 14.4. The lowest BCUT2D eigenvalue weighted by Gasteiger charge is -2.10. The molecule has 1 amide bonds. The van der Waals surface area contributed by atoms with Crippen LogP contribution in [0.3, 0.4) is 0 Å². The van der Waals surface area contributed by atoms with Gasteiger partial charge in [0.25, 0.3) is 5.91 Å². The fourth-order valence-electron chi connectivity index (χ4n) is 2.03. The van der Waals surface area contributed by atoms with Gasteiger partial charge in [0.05, 0.1) is 16.9 Å². The Labute approximate surface area is 153 Å². The van der Waals surface area contributed by atoms with E-state index in [1.54, 1.807) is 0 Å². The fourth-order valence-corrected chi connectivity index (χ4v) is 3.71. The minimum atomic E-state index is -4.02. The Bertz CT molecular complexity index is 949. The number of amides is 1. The summed E-state index contributed by atoms with van der Waals surface area (Å²) in [7, 11) is -4.02. The molecule has 0 spiro atoms. The number of hydrogen-bond acceptors (Lipinski definition) is 4. The van der Waals surface area contributed by atoms with Crippen LogP contribution >= 0.6 is 23.2 Å². The number of hydrogen-bond donors (Lipinski definition) is 2. The average Bonchev–Trinajstić information content (AvgIpc) is 3.34. The van der Waals surface area contributed by atoms with E-state index in [0.717, 1.165) is 12.1 Å². The summed E-state index contributed by atoms with van der Waals surface area (Å²) in [5.41, 5.74) is 0.243. The van der Waals surface area contributed by atoms with Gasteiger partial charge in [0, 0.05) is 11.6 Å². The highest BCUT2D eigenvalue weighted by Gasteiger charge is 2.30. The number of pyridine rings is 1. The van der Waals surface area contributed by atoms with Crippen molar-refractivity contribution in [2.75, 3.05) is 5.32 Å². The largest absolute Gasteiger partial charge is 0.321 e. The third kappa shape index (κ3) is 4.27. The Morgan fingerprint density at radius 1 is 1.24 bits per heavy atom. The SMILES string of the molecule is O=C(Nc1cnc(Cl)c(Cl)c1)c1ccc(F)c(S(=O)(=O)NC2CC2)c1. The van der Waals surface area contributed by atoms with E-state index < -0.39 is 26.6 Å². The summed E-state index contributed by atoms with van der Waals surface area (Å²) in [6.07, 6.45) is 2.72. The Morgan fingerprint density at radius 2 is 1.96 bits per heavy atom. The number of carbonyl (C=O) groups excluding carboxylic acids is 1. The maximum atomic E-state index is 13.9. The van der Waals surface area contributed by atoms with Crippen molar-refractivity contribution in [3.63, 3.8) is 0 Å². The van der Waals surface area contributed by atoms with E-state index in [1.807, 2.05) is 0 Å².